The van der Waals surface area contributed by atoms with E-state index < -0.39 is 39.1 Å². The van der Waals surface area contributed by atoms with E-state index in [1.165, 1.54) is 29.0 Å². The Bertz CT molecular complexity index is 1200. The van der Waals surface area contributed by atoms with Crippen molar-refractivity contribution in [1.82, 2.24) is 9.29 Å². The van der Waals surface area contributed by atoms with Crippen molar-refractivity contribution in [2.75, 3.05) is 6.26 Å². The molecule has 3 aromatic rings. The van der Waals surface area contributed by atoms with Crippen molar-refractivity contribution in [3.8, 4) is 5.69 Å². The molecule has 0 unspecified atom stereocenters. The van der Waals surface area contributed by atoms with Gasteiger partial charge in [0.05, 0.1) is 22.9 Å². The van der Waals surface area contributed by atoms with Crippen LogP contribution in [0.2, 0.25) is 0 Å². The first-order valence-electron chi connectivity index (χ1n) is 7.88. The summed E-state index contributed by atoms with van der Waals surface area (Å²) in [5.74, 6) is -2.13. The largest absolute Gasteiger partial charge is 0.416 e. The molecule has 0 aliphatic carbocycles. The molecular formula is C18H14F4N2O3S. The van der Waals surface area contributed by atoms with Crippen LogP contribution in [-0.4, -0.2) is 25.1 Å². The molecule has 3 rings (SSSR count). The lowest BCUT2D eigenvalue weighted by molar-refractivity contribution is -0.137. The van der Waals surface area contributed by atoms with Gasteiger partial charge in [-0.2, -0.15) is 13.2 Å². The van der Waals surface area contributed by atoms with Crippen LogP contribution in [0.25, 0.3) is 16.6 Å². The molecule has 0 atom stereocenters. The van der Waals surface area contributed by atoms with E-state index in [0.29, 0.717) is 10.9 Å². The second kappa shape index (κ2) is 6.62. The molecule has 10 heteroatoms. The summed E-state index contributed by atoms with van der Waals surface area (Å²) in [6, 6.07) is 6.70. The molecule has 1 N–H and O–H groups in total. The van der Waals surface area contributed by atoms with Gasteiger partial charge in [-0.3, -0.25) is 4.79 Å². The maximum absolute atomic E-state index is 14.5. The van der Waals surface area contributed by atoms with Crippen molar-refractivity contribution >= 4 is 26.8 Å². The Kier molecular flexibility index (Phi) is 4.70. The number of nitrogens with zero attached hydrogens (tertiary/aromatic N) is 1. The number of aryl methyl sites for hydroxylation is 1. The fraction of sp³-hybridized carbons (Fsp3) is 0.167. The van der Waals surface area contributed by atoms with Crippen LogP contribution >= 0.6 is 0 Å². The number of aromatic nitrogens is 1. The van der Waals surface area contributed by atoms with Gasteiger partial charge in [-0.05, 0) is 42.8 Å². The monoisotopic (exact) mass is 414 g/mol. The number of nitrogens with one attached hydrogen (secondary N) is 1. The van der Waals surface area contributed by atoms with Gasteiger partial charge in [-0.1, -0.05) is 6.07 Å². The number of benzene rings is 2. The number of rotatable bonds is 3. The highest BCUT2D eigenvalue weighted by molar-refractivity contribution is 7.89. The molecule has 0 radical (unpaired) electrons. The van der Waals surface area contributed by atoms with E-state index in [-0.39, 0.29) is 11.2 Å². The lowest BCUT2D eigenvalue weighted by Crippen LogP contribution is -2.30. The zero-order valence-electron chi connectivity index (χ0n) is 14.6. The minimum absolute atomic E-state index is 0.167. The summed E-state index contributed by atoms with van der Waals surface area (Å²) in [6.45, 7) is 1.64. The van der Waals surface area contributed by atoms with E-state index in [1.807, 2.05) is 0 Å². The zero-order chi connectivity index (χ0) is 20.9. The van der Waals surface area contributed by atoms with Crippen LogP contribution in [0, 0.1) is 12.7 Å². The Morgan fingerprint density at radius 3 is 2.43 bits per heavy atom. The molecule has 0 saturated heterocycles. The van der Waals surface area contributed by atoms with Gasteiger partial charge in [-0.15, -0.1) is 0 Å². The normalized spacial score (nSPS) is 12.4. The molecule has 1 amide bonds. The maximum Gasteiger partial charge on any atom is 0.416 e. The van der Waals surface area contributed by atoms with E-state index in [9.17, 15) is 30.8 Å². The zero-order valence-corrected chi connectivity index (χ0v) is 15.5. The quantitative estimate of drug-likeness (QED) is 0.664. The Hall–Kier alpha value is -2.88. The first-order valence-corrected chi connectivity index (χ1v) is 9.77. The molecule has 5 nitrogen and oxygen atoms in total. The fourth-order valence-electron chi connectivity index (χ4n) is 2.85. The molecule has 1 heterocycles. The number of alkyl halides is 3. The van der Waals surface area contributed by atoms with Crippen LogP contribution in [-0.2, 0) is 16.2 Å². The van der Waals surface area contributed by atoms with Gasteiger partial charge < -0.3 is 4.57 Å². The van der Waals surface area contributed by atoms with Crippen LogP contribution in [0.5, 0.6) is 0 Å². The third kappa shape index (κ3) is 3.86. The highest BCUT2D eigenvalue weighted by Crippen LogP contribution is 2.32. The molecule has 0 spiro atoms. The Morgan fingerprint density at radius 2 is 1.82 bits per heavy atom. The van der Waals surface area contributed by atoms with Gasteiger partial charge in [-0.25, -0.2) is 17.5 Å². The summed E-state index contributed by atoms with van der Waals surface area (Å²) in [4.78, 5) is 12.0. The number of sulfonamides is 1. The number of halogens is 4. The molecule has 2 aromatic carbocycles. The van der Waals surface area contributed by atoms with Crippen LogP contribution in [0.15, 0.2) is 42.6 Å². The number of hydrogen-bond donors (Lipinski definition) is 1. The van der Waals surface area contributed by atoms with Crippen LogP contribution in [0.4, 0.5) is 17.6 Å². The van der Waals surface area contributed by atoms with Crippen molar-refractivity contribution in [3.63, 3.8) is 0 Å². The maximum atomic E-state index is 14.5. The van der Waals surface area contributed by atoms with Gasteiger partial charge in [0.2, 0.25) is 10.0 Å². The van der Waals surface area contributed by atoms with Crippen molar-refractivity contribution < 1.29 is 30.8 Å². The van der Waals surface area contributed by atoms with E-state index in [2.05, 4.69) is 0 Å². The standard InChI is InChI=1S/C18H14F4N2O3S/c1-10-9-24(12-5-3-4-11(6-12)18(20,21)22)16-8-15(19)14(7-13(10)16)17(25)23-28(2,26)27/h3-9H,1-2H3,(H,23,25). The summed E-state index contributed by atoms with van der Waals surface area (Å²) in [7, 11) is -3.89. The van der Waals surface area contributed by atoms with Crippen molar-refractivity contribution in [1.29, 1.82) is 0 Å². The van der Waals surface area contributed by atoms with Gasteiger partial charge >= 0.3 is 6.18 Å². The Labute approximate surface area is 157 Å². The number of carbonyl (C=O) groups is 1. The molecule has 0 fully saturated rings. The molecule has 1 aromatic heterocycles. The second-order valence-electron chi connectivity index (χ2n) is 6.28. The summed E-state index contributed by atoms with van der Waals surface area (Å²) in [5, 5.41) is 0.400. The molecule has 0 aliphatic heterocycles. The smallest absolute Gasteiger partial charge is 0.316 e. The lowest BCUT2D eigenvalue weighted by atomic mass is 10.1. The van der Waals surface area contributed by atoms with Gasteiger partial charge in [0.15, 0.2) is 0 Å². The highest BCUT2D eigenvalue weighted by atomic mass is 32.2. The SMILES string of the molecule is Cc1cn(-c2cccc(C(F)(F)F)c2)c2cc(F)c(C(=O)NS(C)(=O)=O)cc12. The molecule has 0 saturated carbocycles. The Balaban J connectivity index is 2.16. The third-order valence-corrected chi connectivity index (χ3v) is 4.62. The summed E-state index contributed by atoms with van der Waals surface area (Å²) < 4.78 is 78.9. The molecular weight excluding hydrogens is 400 g/mol. The van der Waals surface area contributed by atoms with E-state index in [1.54, 1.807) is 11.6 Å². The molecule has 148 valence electrons. The predicted molar refractivity (Wildman–Crippen MR) is 95.3 cm³/mol. The molecule has 28 heavy (non-hydrogen) atoms. The number of amides is 1. The molecule has 0 aliphatic rings. The fourth-order valence-corrected chi connectivity index (χ4v) is 3.30. The van der Waals surface area contributed by atoms with Crippen molar-refractivity contribution in [2.45, 2.75) is 13.1 Å². The number of carbonyl (C=O) groups excluding carboxylic acids is 1. The van der Waals surface area contributed by atoms with Gasteiger partial charge in [0.25, 0.3) is 5.91 Å². The molecule has 0 bridgehead atoms. The van der Waals surface area contributed by atoms with Crippen LogP contribution in [0.1, 0.15) is 21.5 Å². The van der Waals surface area contributed by atoms with Crippen LogP contribution < -0.4 is 4.72 Å². The minimum Gasteiger partial charge on any atom is -0.316 e. The predicted octanol–water partition coefficient (Wildman–Crippen LogP) is 3.79. The number of fused-ring (bicyclic) bond motifs is 1. The minimum atomic E-state index is -4.53. The third-order valence-electron chi connectivity index (χ3n) is 4.07. The van der Waals surface area contributed by atoms with Crippen molar-refractivity contribution in [2.24, 2.45) is 0 Å². The van der Waals surface area contributed by atoms with E-state index >= 15 is 0 Å². The second-order valence-corrected chi connectivity index (χ2v) is 8.03. The first-order chi connectivity index (χ1) is 12.9. The summed E-state index contributed by atoms with van der Waals surface area (Å²) in [5.41, 5.74) is -0.358. The van der Waals surface area contributed by atoms with Crippen molar-refractivity contribution in [3.05, 3.63) is 65.1 Å². The first kappa shape index (κ1) is 19.9. The van der Waals surface area contributed by atoms with E-state index in [4.69, 9.17) is 0 Å². The topological polar surface area (TPSA) is 68.2 Å². The van der Waals surface area contributed by atoms with Gasteiger partial charge in [0, 0.05) is 17.3 Å². The average Bonchev–Trinajstić information content (AvgIpc) is 2.88. The average molecular weight is 414 g/mol. The summed E-state index contributed by atoms with van der Waals surface area (Å²) >= 11 is 0. The van der Waals surface area contributed by atoms with Gasteiger partial charge in [0.1, 0.15) is 5.82 Å². The lowest BCUT2D eigenvalue weighted by Gasteiger charge is -2.11. The Morgan fingerprint density at radius 1 is 1.14 bits per heavy atom. The number of hydrogen-bond acceptors (Lipinski definition) is 3. The summed E-state index contributed by atoms with van der Waals surface area (Å²) in [6.07, 6.45) is -2.26. The highest BCUT2D eigenvalue weighted by Gasteiger charge is 2.30. The van der Waals surface area contributed by atoms with E-state index in [0.717, 1.165) is 24.5 Å². The van der Waals surface area contributed by atoms with Crippen LogP contribution in [0.3, 0.4) is 0 Å².